The molecule has 0 aliphatic carbocycles. The van der Waals surface area contributed by atoms with Gasteiger partial charge in [-0.25, -0.2) is 23.9 Å². The highest BCUT2D eigenvalue weighted by Crippen LogP contribution is 2.39. The van der Waals surface area contributed by atoms with Crippen molar-refractivity contribution in [3.8, 4) is 22.4 Å². The molecule has 2 fully saturated rings. The number of carbonyl (C=O) groups excluding carboxylic acids is 4. The Hall–Kier alpha value is -5.77. The number of benzene rings is 3. The maximum absolute atomic E-state index is 14.9. The monoisotopic (exact) mass is 824 g/mol. The third-order valence-electron chi connectivity index (χ3n) is 11.6. The smallest absolute Gasteiger partial charge is 0.407 e. The topological polar surface area (TPSA) is 175 Å². The largest absolute Gasteiger partial charge is 0.453 e. The van der Waals surface area contributed by atoms with Gasteiger partial charge in [0.1, 0.15) is 29.9 Å². The average molecular weight is 825 g/mol. The number of alkyl carbamates (subject to hydrolysis) is 2. The van der Waals surface area contributed by atoms with Crippen molar-refractivity contribution >= 4 is 53.9 Å². The summed E-state index contributed by atoms with van der Waals surface area (Å²) in [6, 6.07) is 16.8. The maximum Gasteiger partial charge on any atom is 0.407 e. The standard InChI is InChI=1S/C43H53FN8O6Si/c1-23(2)35(49-42(55)57-5)40(53)51-20-29(44)18-33(51)39-46-31-16-14-28-17-27(13-15-30(28)37(31)48-39)25-9-11-26(12-10-25)32-19-45-38(47-32)34-21-59(7,8)22-52(34)41(54)36(24(3)4)50-43(56)58-6/h9-17,19,23-24,29,33-36H,18,20-22H2,1-8H3,(H,45,47)(H,46,48)(H,49,55)(H,50,56). The van der Waals surface area contributed by atoms with Gasteiger partial charge in [0.2, 0.25) is 11.8 Å². The Morgan fingerprint density at radius 2 is 1.41 bits per heavy atom. The van der Waals surface area contributed by atoms with Gasteiger partial charge in [0.05, 0.1) is 63.8 Å². The lowest BCUT2D eigenvalue weighted by Crippen LogP contribution is -2.52. The van der Waals surface area contributed by atoms with Crippen molar-refractivity contribution in [2.45, 2.75) is 83.6 Å². The first-order valence-corrected chi connectivity index (χ1v) is 23.5. The number of rotatable bonds is 10. The van der Waals surface area contributed by atoms with Gasteiger partial charge in [0.15, 0.2) is 0 Å². The molecule has 16 heteroatoms. The molecule has 3 aromatic carbocycles. The molecule has 2 saturated heterocycles. The summed E-state index contributed by atoms with van der Waals surface area (Å²) < 4.78 is 24.5. The quantitative estimate of drug-likeness (QED) is 0.106. The van der Waals surface area contributed by atoms with E-state index >= 15 is 0 Å². The number of aromatic nitrogens is 4. The van der Waals surface area contributed by atoms with Gasteiger partial charge >= 0.3 is 12.2 Å². The molecule has 4 amide bonds. The van der Waals surface area contributed by atoms with Crippen LogP contribution in [0, 0.1) is 11.8 Å². The first-order valence-electron chi connectivity index (χ1n) is 20.1. The van der Waals surface area contributed by atoms with Crippen molar-refractivity contribution in [3.05, 3.63) is 72.4 Å². The minimum atomic E-state index is -1.77. The highest BCUT2D eigenvalue weighted by atomic mass is 28.3. The molecule has 7 rings (SSSR count). The fourth-order valence-corrected chi connectivity index (χ4v) is 11.3. The van der Waals surface area contributed by atoms with Crippen LogP contribution in [0.3, 0.4) is 0 Å². The molecule has 0 radical (unpaired) electrons. The van der Waals surface area contributed by atoms with Crippen LogP contribution in [-0.4, -0.2) is 107 Å². The number of aromatic amines is 2. The Balaban J connectivity index is 1.10. The van der Waals surface area contributed by atoms with E-state index in [2.05, 4.69) is 51.9 Å². The second-order valence-corrected chi connectivity index (χ2v) is 22.2. The van der Waals surface area contributed by atoms with Crippen molar-refractivity contribution in [3.63, 3.8) is 0 Å². The Labute approximate surface area is 343 Å². The summed E-state index contributed by atoms with van der Waals surface area (Å²) in [7, 11) is 0.762. The fraction of sp³-hybridized carbons (Fsp3) is 0.442. The molecule has 312 valence electrons. The van der Waals surface area contributed by atoms with E-state index in [1.54, 1.807) is 0 Å². The molecule has 2 aliphatic heterocycles. The minimum absolute atomic E-state index is 0.0899. The number of nitrogens with one attached hydrogen (secondary N) is 4. The number of fused-ring (bicyclic) bond motifs is 3. The number of methoxy groups -OCH3 is 2. The normalized spacial score (nSPS) is 20.0. The fourth-order valence-electron chi connectivity index (χ4n) is 8.44. The summed E-state index contributed by atoms with van der Waals surface area (Å²) in [5, 5.41) is 7.23. The number of amides is 4. The van der Waals surface area contributed by atoms with Crippen molar-refractivity contribution in [1.82, 2.24) is 40.4 Å². The van der Waals surface area contributed by atoms with Gasteiger partial charge in [-0.15, -0.1) is 0 Å². The molecule has 59 heavy (non-hydrogen) atoms. The summed E-state index contributed by atoms with van der Waals surface area (Å²) in [6.45, 7) is 11.9. The minimum Gasteiger partial charge on any atom is -0.453 e. The highest BCUT2D eigenvalue weighted by Gasteiger charge is 2.46. The van der Waals surface area contributed by atoms with E-state index in [4.69, 9.17) is 19.4 Å². The van der Waals surface area contributed by atoms with E-state index in [0.717, 1.165) is 56.1 Å². The Morgan fingerprint density at radius 3 is 2.03 bits per heavy atom. The highest BCUT2D eigenvalue weighted by molar-refractivity contribution is 6.78. The lowest BCUT2D eigenvalue weighted by molar-refractivity contribution is -0.136. The first kappa shape index (κ1) is 41.4. The number of hydrogen-bond acceptors (Lipinski definition) is 8. The predicted octanol–water partition coefficient (Wildman–Crippen LogP) is 7.28. The molecule has 2 aliphatic rings. The molecular weight excluding hydrogens is 772 g/mol. The number of nitrogens with zero attached hydrogens (tertiary/aromatic N) is 4. The lowest BCUT2D eigenvalue weighted by atomic mass is 9.99. The summed E-state index contributed by atoms with van der Waals surface area (Å²) in [5.74, 6) is 0.345. The number of imidazole rings is 2. The van der Waals surface area contributed by atoms with Crippen LogP contribution in [0.5, 0.6) is 0 Å². The Morgan fingerprint density at radius 1 is 0.797 bits per heavy atom. The number of alkyl halides is 1. The molecule has 4 N–H and O–H groups in total. The van der Waals surface area contributed by atoms with Gasteiger partial charge < -0.3 is 39.9 Å². The molecule has 14 nitrogen and oxygen atoms in total. The summed E-state index contributed by atoms with van der Waals surface area (Å²) in [6.07, 6.45) is -0.00512. The van der Waals surface area contributed by atoms with Gasteiger partial charge in [-0.2, -0.15) is 0 Å². The third-order valence-corrected chi connectivity index (χ3v) is 14.3. The van der Waals surface area contributed by atoms with Gasteiger partial charge in [0, 0.05) is 18.0 Å². The zero-order valence-corrected chi connectivity index (χ0v) is 35.8. The van der Waals surface area contributed by atoms with Crippen LogP contribution in [0.15, 0.2) is 60.8 Å². The number of halogens is 1. The SMILES string of the molecule is COC(=O)NC(C(=O)N1C[Si](C)(C)CC1c1ncc(-c2ccc(-c3ccc4c(ccc5[nH]c(C6CC(F)CN6C(=O)C(NC(=O)OC)C(C)C)nc54)c3)cc2)[nH]1)C(C)C. The summed E-state index contributed by atoms with van der Waals surface area (Å²) in [4.78, 5) is 71.5. The van der Waals surface area contributed by atoms with Crippen molar-refractivity contribution in [1.29, 1.82) is 0 Å². The van der Waals surface area contributed by atoms with Gasteiger partial charge in [-0.3, -0.25) is 9.59 Å². The van der Waals surface area contributed by atoms with Gasteiger partial charge in [-0.1, -0.05) is 83.3 Å². The lowest BCUT2D eigenvalue weighted by Gasteiger charge is -2.30. The molecule has 2 aromatic heterocycles. The van der Waals surface area contributed by atoms with E-state index in [1.807, 2.05) is 75.2 Å². The van der Waals surface area contributed by atoms with E-state index in [9.17, 15) is 23.6 Å². The molecule has 0 spiro atoms. The molecule has 0 bridgehead atoms. The maximum atomic E-state index is 14.9. The van der Waals surface area contributed by atoms with Crippen LogP contribution in [0.4, 0.5) is 14.0 Å². The number of likely N-dealkylation sites (tertiary alicyclic amines) is 1. The van der Waals surface area contributed by atoms with Crippen LogP contribution in [-0.2, 0) is 19.1 Å². The van der Waals surface area contributed by atoms with Crippen LogP contribution < -0.4 is 10.6 Å². The molecule has 4 heterocycles. The molecule has 5 atom stereocenters. The predicted molar refractivity (Wildman–Crippen MR) is 226 cm³/mol. The Kier molecular flexibility index (Phi) is 11.6. The zero-order chi connectivity index (χ0) is 42.3. The van der Waals surface area contributed by atoms with E-state index in [-0.39, 0.29) is 42.7 Å². The van der Waals surface area contributed by atoms with Crippen molar-refractivity contribution < 1.29 is 33.0 Å². The van der Waals surface area contributed by atoms with E-state index in [1.165, 1.54) is 19.1 Å². The second kappa shape index (κ2) is 16.5. The van der Waals surface area contributed by atoms with E-state index in [0.29, 0.717) is 12.0 Å². The van der Waals surface area contributed by atoms with Crippen LogP contribution >= 0.6 is 0 Å². The number of carbonyl (C=O) groups is 4. The zero-order valence-electron chi connectivity index (χ0n) is 34.8. The van der Waals surface area contributed by atoms with Crippen LogP contribution in [0.2, 0.25) is 19.1 Å². The van der Waals surface area contributed by atoms with Crippen LogP contribution in [0.1, 0.15) is 57.8 Å². The average Bonchev–Trinajstić information content (AvgIpc) is 4.02. The first-order chi connectivity index (χ1) is 28.1. The third kappa shape index (κ3) is 8.40. The number of H-pyrrole nitrogens is 2. The molecular formula is C43H53FN8O6Si. The van der Waals surface area contributed by atoms with E-state index < -0.39 is 44.6 Å². The summed E-state index contributed by atoms with van der Waals surface area (Å²) >= 11 is 0. The van der Waals surface area contributed by atoms with Gasteiger partial charge in [-0.05, 0) is 52.1 Å². The molecule has 5 aromatic rings. The molecule has 5 unspecified atom stereocenters. The number of ether oxygens (including phenoxy) is 2. The summed E-state index contributed by atoms with van der Waals surface area (Å²) in [5.41, 5.74) is 5.34. The van der Waals surface area contributed by atoms with Crippen molar-refractivity contribution in [2.24, 2.45) is 11.8 Å². The second-order valence-electron chi connectivity index (χ2n) is 17.2. The molecule has 0 saturated carbocycles. The van der Waals surface area contributed by atoms with Gasteiger partial charge in [0.25, 0.3) is 0 Å². The van der Waals surface area contributed by atoms with Crippen LogP contribution in [0.25, 0.3) is 44.2 Å². The van der Waals surface area contributed by atoms with Crippen molar-refractivity contribution in [2.75, 3.05) is 26.9 Å². The number of hydrogen-bond donors (Lipinski definition) is 4. The Bertz CT molecular complexity index is 2380.